The smallest absolute Gasteiger partial charge is 0.257 e. The quantitative estimate of drug-likeness (QED) is 0.681. The van der Waals surface area contributed by atoms with Gasteiger partial charge in [-0.2, -0.15) is 0 Å². The zero-order chi connectivity index (χ0) is 16.3. The molecule has 1 atom stereocenters. The summed E-state index contributed by atoms with van der Waals surface area (Å²) in [7, 11) is 0. The number of imidazole rings is 1. The molecule has 0 saturated carbocycles. The molecular weight excluding hydrogens is 302 g/mol. The summed E-state index contributed by atoms with van der Waals surface area (Å²) < 4.78 is 54.8. The number of nitrogens with one attached hydrogen (secondary N) is 1. The van der Waals surface area contributed by atoms with Gasteiger partial charge < -0.3 is 9.88 Å². The van der Waals surface area contributed by atoms with Gasteiger partial charge in [0.05, 0.1) is 6.33 Å². The summed E-state index contributed by atoms with van der Waals surface area (Å²) in [4.78, 5) is 15.6. The van der Waals surface area contributed by atoms with Gasteiger partial charge in [-0.25, -0.2) is 22.5 Å². The fourth-order valence-corrected chi connectivity index (χ4v) is 1.95. The van der Waals surface area contributed by atoms with Crippen LogP contribution in [0.3, 0.4) is 0 Å². The van der Waals surface area contributed by atoms with Gasteiger partial charge in [0.25, 0.3) is 5.91 Å². The van der Waals surface area contributed by atoms with Crippen molar-refractivity contribution in [2.45, 2.75) is 13.5 Å². The van der Waals surface area contributed by atoms with Crippen molar-refractivity contribution >= 4 is 5.91 Å². The van der Waals surface area contributed by atoms with Crippen molar-refractivity contribution in [1.82, 2.24) is 14.9 Å². The first kappa shape index (κ1) is 16.0. The van der Waals surface area contributed by atoms with Crippen LogP contribution < -0.4 is 5.32 Å². The third-order valence-electron chi connectivity index (χ3n) is 3.03. The third kappa shape index (κ3) is 3.44. The maximum Gasteiger partial charge on any atom is 0.257 e. The lowest BCUT2D eigenvalue weighted by atomic mass is 10.1. The highest BCUT2D eigenvalue weighted by Gasteiger charge is 2.24. The summed E-state index contributed by atoms with van der Waals surface area (Å²) in [5.74, 6) is -7.93. The van der Waals surface area contributed by atoms with Gasteiger partial charge in [0, 0.05) is 31.5 Å². The van der Waals surface area contributed by atoms with Gasteiger partial charge in [0.1, 0.15) is 5.56 Å². The molecule has 0 spiro atoms. The van der Waals surface area contributed by atoms with Crippen LogP contribution in [-0.4, -0.2) is 22.0 Å². The van der Waals surface area contributed by atoms with E-state index in [0.29, 0.717) is 6.54 Å². The molecule has 2 aromatic rings. The van der Waals surface area contributed by atoms with Gasteiger partial charge in [-0.15, -0.1) is 0 Å². The zero-order valence-corrected chi connectivity index (χ0v) is 11.6. The molecule has 0 bridgehead atoms. The summed E-state index contributed by atoms with van der Waals surface area (Å²) in [6, 6.07) is 0.0586. The molecule has 0 radical (unpaired) electrons. The number of hydrogen-bond donors (Lipinski definition) is 1. The van der Waals surface area contributed by atoms with Crippen molar-refractivity contribution in [1.29, 1.82) is 0 Å². The topological polar surface area (TPSA) is 46.9 Å². The third-order valence-corrected chi connectivity index (χ3v) is 3.03. The molecule has 1 amide bonds. The summed E-state index contributed by atoms with van der Waals surface area (Å²) in [6.07, 6.45) is 4.89. The number of halogens is 4. The molecule has 22 heavy (non-hydrogen) atoms. The fraction of sp³-hybridized carbons (Fsp3) is 0.286. The maximum atomic E-state index is 13.5. The molecule has 0 saturated heterocycles. The predicted octanol–water partition coefficient (Wildman–Crippen LogP) is 2.51. The number of carbonyl (C=O) groups excluding carboxylic acids is 1. The Morgan fingerprint density at radius 1 is 1.27 bits per heavy atom. The highest BCUT2D eigenvalue weighted by molar-refractivity contribution is 5.94. The SMILES string of the molecule is CC(CNC(=O)c1c(F)c(F)cc(F)c1F)Cn1ccnc1. The van der Waals surface area contributed by atoms with Crippen LogP contribution in [0.2, 0.25) is 0 Å². The average molecular weight is 315 g/mol. The maximum absolute atomic E-state index is 13.5. The molecule has 0 aliphatic carbocycles. The lowest BCUT2D eigenvalue weighted by Gasteiger charge is -2.14. The molecule has 0 aliphatic heterocycles. The van der Waals surface area contributed by atoms with Gasteiger partial charge in [-0.1, -0.05) is 6.92 Å². The monoisotopic (exact) mass is 315 g/mol. The first-order valence-corrected chi connectivity index (χ1v) is 6.47. The molecule has 1 heterocycles. The standard InChI is InChI=1S/C14H13F4N3O/c1-8(6-21-3-2-19-7-21)5-20-14(22)11-12(17)9(15)4-10(16)13(11)18/h2-4,7-8H,5-6H2,1H3,(H,20,22). The number of aromatic nitrogens is 2. The van der Waals surface area contributed by atoms with Crippen LogP contribution in [-0.2, 0) is 6.54 Å². The van der Waals surface area contributed by atoms with Gasteiger partial charge in [-0.05, 0) is 5.92 Å². The van der Waals surface area contributed by atoms with E-state index in [0.717, 1.165) is 0 Å². The Morgan fingerprint density at radius 3 is 2.45 bits per heavy atom. The Balaban J connectivity index is 2.04. The van der Waals surface area contributed by atoms with Crippen LogP contribution in [0.5, 0.6) is 0 Å². The van der Waals surface area contributed by atoms with Gasteiger partial charge in [0.2, 0.25) is 0 Å². The molecule has 118 valence electrons. The Labute approximate surface area is 123 Å². The van der Waals surface area contributed by atoms with Gasteiger partial charge in [-0.3, -0.25) is 4.79 Å². The van der Waals surface area contributed by atoms with Crippen LogP contribution >= 0.6 is 0 Å². The van der Waals surface area contributed by atoms with Crippen molar-refractivity contribution in [3.63, 3.8) is 0 Å². The molecule has 1 aromatic heterocycles. The van der Waals surface area contributed by atoms with Crippen molar-refractivity contribution in [2.24, 2.45) is 5.92 Å². The highest BCUT2D eigenvalue weighted by atomic mass is 19.2. The van der Waals surface area contributed by atoms with Crippen molar-refractivity contribution in [3.8, 4) is 0 Å². The van der Waals surface area contributed by atoms with E-state index in [-0.39, 0.29) is 18.5 Å². The average Bonchev–Trinajstić information content (AvgIpc) is 2.96. The normalized spacial score (nSPS) is 12.2. The van der Waals surface area contributed by atoms with E-state index in [1.54, 1.807) is 30.2 Å². The van der Waals surface area contributed by atoms with Crippen molar-refractivity contribution in [3.05, 3.63) is 53.6 Å². The van der Waals surface area contributed by atoms with Gasteiger partial charge in [0.15, 0.2) is 23.3 Å². The van der Waals surface area contributed by atoms with Crippen LogP contribution in [0.4, 0.5) is 17.6 Å². The molecule has 2 rings (SSSR count). The first-order valence-electron chi connectivity index (χ1n) is 6.47. The minimum atomic E-state index is -1.71. The first-order chi connectivity index (χ1) is 10.4. The number of carbonyl (C=O) groups is 1. The second kappa shape index (κ2) is 6.59. The molecular formula is C14H13F4N3O. The molecule has 1 unspecified atom stereocenters. The Hall–Kier alpha value is -2.38. The van der Waals surface area contributed by atoms with E-state index in [2.05, 4.69) is 10.3 Å². The summed E-state index contributed by atoms with van der Waals surface area (Å²) in [5.41, 5.74) is -1.26. The van der Waals surface area contributed by atoms with Crippen molar-refractivity contribution in [2.75, 3.05) is 6.54 Å². The number of hydrogen-bond acceptors (Lipinski definition) is 2. The fourth-order valence-electron chi connectivity index (χ4n) is 1.95. The molecule has 1 aromatic carbocycles. The highest BCUT2D eigenvalue weighted by Crippen LogP contribution is 2.19. The Morgan fingerprint density at radius 2 is 1.91 bits per heavy atom. The van der Waals surface area contributed by atoms with E-state index in [1.165, 1.54) is 0 Å². The number of amides is 1. The van der Waals surface area contributed by atoms with Crippen LogP contribution in [0.25, 0.3) is 0 Å². The second-order valence-corrected chi connectivity index (χ2v) is 4.92. The van der Waals surface area contributed by atoms with Gasteiger partial charge >= 0.3 is 0 Å². The number of rotatable bonds is 5. The summed E-state index contributed by atoms with van der Waals surface area (Å²) in [5, 5.41) is 2.26. The molecule has 0 aliphatic rings. The minimum Gasteiger partial charge on any atom is -0.352 e. The lowest BCUT2D eigenvalue weighted by Crippen LogP contribution is -2.31. The van der Waals surface area contributed by atoms with E-state index in [9.17, 15) is 22.4 Å². The Kier molecular flexibility index (Phi) is 4.79. The van der Waals surface area contributed by atoms with E-state index in [4.69, 9.17) is 0 Å². The molecule has 1 N–H and O–H groups in total. The summed E-state index contributed by atoms with van der Waals surface area (Å²) >= 11 is 0. The molecule has 0 fully saturated rings. The van der Waals surface area contributed by atoms with E-state index >= 15 is 0 Å². The predicted molar refractivity (Wildman–Crippen MR) is 70.0 cm³/mol. The van der Waals surface area contributed by atoms with Crippen LogP contribution in [0, 0.1) is 29.2 Å². The van der Waals surface area contributed by atoms with Crippen LogP contribution in [0.15, 0.2) is 24.8 Å². The number of benzene rings is 1. The largest absolute Gasteiger partial charge is 0.352 e. The molecule has 4 nitrogen and oxygen atoms in total. The Bertz CT molecular complexity index is 647. The molecule has 8 heteroatoms. The number of nitrogens with zero attached hydrogens (tertiary/aromatic N) is 2. The van der Waals surface area contributed by atoms with Crippen LogP contribution in [0.1, 0.15) is 17.3 Å². The zero-order valence-electron chi connectivity index (χ0n) is 11.6. The second-order valence-electron chi connectivity index (χ2n) is 4.92. The minimum absolute atomic E-state index is 0.0586. The lowest BCUT2D eigenvalue weighted by molar-refractivity contribution is 0.0936. The summed E-state index contributed by atoms with van der Waals surface area (Å²) in [6.45, 7) is 2.38. The van der Waals surface area contributed by atoms with E-state index in [1.807, 2.05) is 0 Å². The van der Waals surface area contributed by atoms with E-state index < -0.39 is 34.7 Å². The van der Waals surface area contributed by atoms with Crippen molar-refractivity contribution < 1.29 is 22.4 Å².